The van der Waals surface area contributed by atoms with E-state index in [2.05, 4.69) is 5.32 Å². The molecule has 1 aromatic carbocycles. The Kier molecular flexibility index (Phi) is 4.31. The number of anilines is 1. The SMILES string of the molecule is O=c1ccc2ccc(N[C@H]3C(O)[C@H](F)C(CO)O[C@H]3O)cc2o1. The van der Waals surface area contributed by atoms with Gasteiger partial charge in [-0.2, -0.15) is 0 Å². The lowest BCUT2D eigenvalue weighted by Crippen LogP contribution is -2.59. The summed E-state index contributed by atoms with van der Waals surface area (Å²) in [5, 5.41) is 32.3. The second kappa shape index (κ2) is 6.25. The van der Waals surface area contributed by atoms with Gasteiger partial charge in [-0.3, -0.25) is 0 Å². The number of fused-ring (bicyclic) bond motifs is 1. The Labute approximate surface area is 129 Å². The van der Waals surface area contributed by atoms with Gasteiger partial charge in [-0.25, -0.2) is 9.18 Å². The second-order valence-corrected chi connectivity index (χ2v) is 5.36. The molecule has 0 radical (unpaired) electrons. The molecule has 7 nitrogen and oxygen atoms in total. The number of nitrogens with one attached hydrogen (secondary N) is 1. The second-order valence-electron chi connectivity index (χ2n) is 5.36. The first-order valence-electron chi connectivity index (χ1n) is 7.06. The first-order chi connectivity index (χ1) is 11.0. The molecule has 5 atom stereocenters. The van der Waals surface area contributed by atoms with E-state index in [-0.39, 0.29) is 0 Å². The van der Waals surface area contributed by atoms with E-state index < -0.39 is 42.9 Å². The number of rotatable bonds is 3. The van der Waals surface area contributed by atoms with E-state index in [1.165, 1.54) is 12.1 Å². The normalized spacial score (nSPS) is 31.2. The quantitative estimate of drug-likeness (QED) is 0.587. The summed E-state index contributed by atoms with van der Waals surface area (Å²) in [6.45, 7) is -0.650. The predicted molar refractivity (Wildman–Crippen MR) is 78.8 cm³/mol. The fourth-order valence-electron chi connectivity index (χ4n) is 2.57. The fraction of sp³-hybridized carbons (Fsp3) is 0.400. The van der Waals surface area contributed by atoms with Crippen molar-refractivity contribution in [3.63, 3.8) is 0 Å². The molecule has 1 aliphatic heterocycles. The fourth-order valence-corrected chi connectivity index (χ4v) is 2.57. The number of ether oxygens (including phenoxy) is 1. The molecule has 2 aromatic rings. The molecule has 0 amide bonds. The Hall–Kier alpha value is -2.00. The number of benzene rings is 1. The molecule has 0 saturated carbocycles. The third-order valence-corrected chi connectivity index (χ3v) is 3.81. The molecule has 1 aliphatic rings. The van der Waals surface area contributed by atoms with E-state index in [9.17, 15) is 19.4 Å². The number of alkyl halides is 1. The summed E-state index contributed by atoms with van der Waals surface area (Å²) in [6.07, 6.45) is -6.21. The molecular formula is C15H16FNO6. The molecule has 8 heteroatoms. The van der Waals surface area contributed by atoms with Crippen molar-refractivity contribution in [2.45, 2.75) is 30.7 Å². The summed E-state index contributed by atoms with van der Waals surface area (Å²) in [5.41, 5.74) is 0.215. The largest absolute Gasteiger partial charge is 0.423 e. The van der Waals surface area contributed by atoms with Crippen molar-refractivity contribution in [3.05, 3.63) is 40.8 Å². The Morgan fingerprint density at radius 2 is 1.96 bits per heavy atom. The molecular weight excluding hydrogens is 309 g/mol. The zero-order chi connectivity index (χ0) is 16.6. The number of halogens is 1. The van der Waals surface area contributed by atoms with Crippen LogP contribution in [0.3, 0.4) is 0 Å². The van der Waals surface area contributed by atoms with Crippen LogP contribution in [0.25, 0.3) is 11.0 Å². The van der Waals surface area contributed by atoms with E-state index in [0.717, 1.165) is 0 Å². The molecule has 4 N–H and O–H groups in total. The summed E-state index contributed by atoms with van der Waals surface area (Å²) in [4.78, 5) is 11.2. The third kappa shape index (κ3) is 3.06. The van der Waals surface area contributed by atoms with Gasteiger partial charge in [-0.15, -0.1) is 0 Å². The molecule has 1 saturated heterocycles. The first-order valence-corrected chi connectivity index (χ1v) is 7.06. The molecule has 0 aliphatic carbocycles. The molecule has 23 heavy (non-hydrogen) atoms. The highest BCUT2D eigenvalue weighted by Crippen LogP contribution is 2.26. The minimum Gasteiger partial charge on any atom is -0.423 e. The topological polar surface area (TPSA) is 112 Å². The average molecular weight is 325 g/mol. The Balaban J connectivity index is 1.84. The van der Waals surface area contributed by atoms with Crippen molar-refractivity contribution >= 4 is 16.7 Å². The van der Waals surface area contributed by atoms with Crippen molar-refractivity contribution in [1.29, 1.82) is 0 Å². The van der Waals surface area contributed by atoms with Crippen LogP contribution >= 0.6 is 0 Å². The van der Waals surface area contributed by atoms with Crippen LogP contribution in [0.4, 0.5) is 10.1 Å². The van der Waals surface area contributed by atoms with Crippen LogP contribution in [0.5, 0.6) is 0 Å². The van der Waals surface area contributed by atoms with E-state index in [1.807, 2.05) is 0 Å². The number of hydrogen-bond donors (Lipinski definition) is 4. The van der Waals surface area contributed by atoms with Crippen LogP contribution in [0.1, 0.15) is 0 Å². The van der Waals surface area contributed by atoms with Gasteiger partial charge in [0.15, 0.2) is 12.5 Å². The lowest BCUT2D eigenvalue weighted by atomic mass is 9.98. The number of hydrogen-bond acceptors (Lipinski definition) is 7. The van der Waals surface area contributed by atoms with Gasteiger partial charge in [0.05, 0.1) is 6.61 Å². The zero-order valence-corrected chi connectivity index (χ0v) is 11.9. The Morgan fingerprint density at radius 1 is 1.22 bits per heavy atom. The van der Waals surface area contributed by atoms with Gasteiger partial charge in [0.2, 0.25) is 0 Å². The molecule has 0 spiro atoms. The van der Waals surface area contributed by atoms with Crippen LogP contribution in [0, 0.1) is 0 Å². The number of aliphatic hydroxyl groups is 3. The predicted octanol–water partition coefficient (Wildman–Crippen LogP) is -0.0180. The van der Waals surface area contributed by atoms with Crippen molar-refractivity contribution in [2.75, 3.05) is 11.9 Å². The summed E-state index contributed by atoms with van der Waals surface area (Å²) in [5.74, 6) is 0. The first kappa shape index (κ1) is 15.9. The van der Waals surface area contributed by atoms with Crippen molar-refractivity contribution in [1.82, 2.24) is 0 Å². The molecule has 1 fully saturated rings. The molecule has 0 bridgehead atoms. The highest BCUT2D eigenvalue weighted by atomic mass is 19.1. The van der Waals surface area contributed by atoms with Gasteiger partial charge in [0.1, 0.15) is 23.8 Å². The van der Waals surface area contributed by atoms with Crippen LogP contribution < -0.4 is 10.9 Å². The molecule has 2 unspecified atom stereocenters. The monoisotopic (exact) mass is 325 g/mol. The number of aliphatic hydroxyl groups excluding tert-OH is 3. The lowest BCUT2D eigenvalue weighted by Gasteiger charge is -2.39. The zero-order valence-electron chi connectivity index (χ0n) is 11.9. The highest BCUT2D eigenvalue weighted by molar-refractivity contribution is 5.80. The van der Waals surface area contributed by atoms with Crippen LogP contribution in [0.2, 0.25) is 0 Å². The summed E-state index contributed by atoms with van der Waals surface area (Å²) >= 11 is 0. The Morgan fingerprint density at radius 3 is 2.70 bits per heavy atom. The third-order valence-electron chi connectivity index (χ3n) is 3.81. The maximum Gasteiger partial charge on any atom is 0.336 e. The average Bonchev–Trinajstić information content (AvgIpc) is 2.54. The smallest absolute Gasteiger partial charge is 0.336 e. The van der Waals surface area contributed by atoms with Gasteiger partial charge in [0.25, 0.3) is 0 Å². The van der Waals surface area contributed by atoms with E-state index in [1.54, 1.807) is 18.2 Å². The summed E-state index contributed by atoms with van der Waals surface area (Å²) in [6, 6.07) is 6.56. The van der Waals surface area contributed by atoms with Crippen molar-refractivity contribution < 1.29 is 28.9 Å². The lowest BCUT2D eigenvalue weighted by molar-refractivity contribution is -0.230. The standard InChI is InChI=1S/C15H16FNO6/c16-12-10(6-18)23-15(21)13(14(12)20)17-8-3-1-7-2-4-11(19)22-9(7)5-8/h1-5,10,12-15,17-18,20-21H,6H2/t10?,12-,13+,14?,15-/m1/s1. The maximum atomic E-state index is 13.9. The van der Waals surface area contributed by atoms with Gasteiger partial charge in [-0.05, 0) is 18.2 Å². The van der Waals surface area contributed by atoms with E-state index in [4.69, 9.17) is 14.3 Å². The van der Waals surface area contributed by atoms with Gasteiger partial charge < -0.3 is 29.8 Å². The summed E-state index contributed by atoms with van der Waals surface area (Å²) < 4.78 is 23.9. The van der Waals surface area contributed by atoms with Crippen LogP contribution in [0.15, 0.2) is 39.5 Å². The van der Waals surface area contributed by atoms with E-state index >= 15 is 0 Å². The van der Waals surface area contributed by atoms with Crippen molar-refractivity contribution in [2.24, 2.45) is 0 Å². The minimum absolute atomic E-state index is 0.313. The molecule has 2 heterocycles. The van der Waals surface area contributed by atoms with Crippen LogP contribution in [-0.4, -0.2) is 52.6 Å². The molecule has 3 rings (SSSR count). The summed E-state index contributed by atoms with van der Waals surface area (Å²) in [7, 11) is 0. The molecule has 124 valence electrons. The highest BCUT2D eigenvalue weighted by Gasteiger charge is 2.44. The van der Waals surface area contributed by atoms with Gasteiger partial charge in [-0.1, -0.05) is 0 Å². The van der Waals surface area contributed by atoms with Crippen molar-refractivity contribution in [3.8, 4) is 0 Å². The van der Waals surface area contributed by atoms with Crippen LogP contribution in [-0.2, 0) is 4.74 Å². The van der Waals surface area contributed by atoms with E-state index in [0.29, 0.717) is 16.7 Å². The molecule has 1 aromatic heterocycles. The Bertz CT molecular complexity index is 750. The maximum absolute atomic E-state index is 13.9. The minimum atomic E-state index is -1.85. The van der Waals surface area contributed by atoms with Gasteiger partial charge in [0, 0.05) is 23.2 Å². The van der Waals surface area contributed by atoms with Gasteiger partial charge >= 0.3 is 5.63 Å².